The maximum atomic E-state index is 12.2. The van der Waals surface area contributed by atoms with Gasteiger partial charge in [-0.05, 0) is 44.3 Å². The van der Waals surface area contributed by atoms with Gasteiger partial charge in [-0.25, -0.2) is 4.79 Å². The molecular weight excluding hydrogens is 286 g/mol. The highest BCUT2D eigenvalue weighted by Crippen LogP contribution is 2.11. The smallest absolute Gasteiger partial charge is 0.321 e. The lowest BCUT2D eigenvalue weighted by Gasteiger charge is -2.18. The summed E-state index contributed by atoms with van der Waals surface area (Å²) in [5.41, 5.74) is 4.38. The lowest BCUT2D eigenvalue weighted by Crippen LogP contribution is -2.30. The maximum Gasteiger partial charge on any atom is 0.321 e. The number of hydrogen-bond donors (Lipinski definition) is 1. The number of rotatable bonds is 5. The number of nitrogens with zero attached hydrogens (tertiary/aromatic N) is 2. The molecule has 0 saturated heterocycles. The normalized spacial score (nSPS) is 10.7. The van der Waals surface area contributed by atoms with E-state index >= 15 is 0 Å². The standard InChI is InChI=1S/C19H25N3O/c1-15-5-11-18(12-6-15)20-19(23)22(4)14-17-9-7-16(8-10-17)13-21(2)3/h5-12H,13-14H2,1-4H3,(H,20,23). The van der Waals surface area contributed by atoms with Crippen LogP contribution in [-0.4, -0.2) is 37.0 Å². The molecule has 23 heavy (non-hydrogen) atoms. The van der Waals surface area contributed by atoms with E-state index in [2.05, 4.69) is 48.6 Å². The third-order valence-electron chi connectivity index (χ3n) is 3.59. The third kappa shape index (κ3) is 5.42. The molecule has 0 spiro atoms. The minimum Gasteiger partial charge on any atom is -0.323 e. The molecule has 2 rings (SSSR count). The van der Waals surface area contributed by atoms with E-state index in [0.717, 1.165) is 17.8 Å². The Morgan fingerprint density at radius 2 is 1.39 bits per heavy atom. The van der Waals surface area contributed by atoms with Crippen molar-refractivity contribution in [2.24, 2.45) is 0 Å². The Morgan fingerprint density at radius 3 is 1.91 bits per heavy atom. The number of carbonyl (C=O) groups excluding carboxylic acids is 1. The molecule has 4 nitrogen and oxygen atoms in total. The summed E-state index contributed by atoms with van der Waals surface area (Å²) in [7, 11) is 5.91. The molecule has 0 saturated carbocycles. The van der Waals surface area contributed by atoms with E-state index in [1.54, 1.807) is 11.9 Å². The largest absolute Gasteiger partial charge is 0.323 e. The zero-order chi connectivity index (χ0) is 16.8. The molecule has 0 bridgehead atoms. The molecule has 4 heteroatoms. The minimum absolute atomic E-state index is 0.105. The van der Waals surface area contributed by atoms with Gasteiger partial charge < -0.3 is 15.1 Å². The number of anilines is 1. The molecule has 0 heterocycles. The van der Waals surface area contributed by atoms with Crippen molar-refractivity contribution in [3.05, 3.63) is 65.2 Å². The van der Waals surface area contributed by atoms with Gasteiger partial charge in [0.25, 0.3) is 0 Å². The Balaban J connectivity index is 1.91. The van der Waals surface area contributed by atoms with Crippen molar-refractivity contribution < 1.29 is 4.79 Å². The molecular formula is C19H25N3O. The quantitative estimate of drug-likeness (QED) is 0.913. The molecule has 0 aliphatic rings. The number of hydrogen-bond acceptors (Lipinski definition) is 2. The highest BCUT2D eigenvalue weighted by Gasteiger charge is 2.09. The molecule has 0 unspecified atom stereocenters. The summed E-state index contributed by atoms with van der Waals surface area (Å²) in [4.78, 5) is 16.0. The van der Waals surface area contributed by atoms with Crippen LogP contribution < -0.4 is 5.32 Å². The van der Waals surface area contributed by atoms with Crippen LogP contribution in [-0.2, 0) is 13.1 Å². The number of carbonyl (C=O) groups is 1. The first-order valence-corrected chi connectivity index (χ1v) is 7.75. The molecule has 0 radical (unpaired) electrons. The van der Waals surface area contributed by atoms with Gasteiger partial charge in [0.2, 0.25) is 0 Å². The first-order valence-electron chi connectivity index (χ1n) is 7.75. The van der Waals surface area contributed by atoms with Crippen LogP contribution in [0.1, 0.15) is 16.7 Å². The number of benzene rings is 2. The van der Waals surface area contributed by atoms with Crippen LogP contribution in [0.25, 0.3) is 0 Å². The molecule has 0 aromatic heterocycles. The Labute approximate surface area is 138 Å². The molecule has 1 N–H and O–H groups in total. The molecule has 0 fully saturated rings. The fourth-order valence-electron chi connectivity index (χ4n) is 2.32. The highest BCUT2D eigenvalue weighted by atomic mass is 16.2. The van der Waals surface area contributed by atoms with Crippen molar-refractivity contribution in [1.82, 2.24) is 9.80 Å². The average molecular weight is 311 g/mol. The van der Waals surface area contributed by atoms with Gasteiger partial charge in [-0.15, -0.1) is 0 Å². The summed E-state index contributed by atoms with van der Waals surface area (Å²) in [5.74, 6) is 0. The van der Waals surface area contributed by atoms with Gasteiger partial charge in [-0.2, -0.15) is 0 Å². The Bertz CT molecular complexity index is 633. The number of urea groups is 1. The first kappa shape index (κ1) is 17.0. The van der Waals surface area contributed by atoms with Gasteiger partial charge in [0, 0.05) is 25.8 Å². The van der Waals surface area contributed by atoms with E-state index in [1.807, 2.05) is 31.2 Å². The van der Waals surface area contributed by atoms with Crippen LogP contribution in [0, 0.1) is 6.92 Å². The summed E-state index contributed by atoms with van der Waals surface area (Å²) in [5, 5.41) is 2.91. The molecule has 0 aliphatic carbocycles. The lowest BCUT2D eigenvalue weighted by atomic mass is 10.1. The predicted octanol–water partition coefficient (Wildman–Crippen LogP) is 3.72. The summed E-state index contributed by atoms with van der Waals surface area (Å²) in [6.07, 6.45) is 0. The van der Waals surface area contributed by atoms with Crippen LogP contribution in [0.2, 0.25) is 0 Å². The SMILES string of the molecule is Cc1ccc(NC(=O)N(C)Cc2ccc(CN(C)C)cc2)cc1. The van der Waals surface area contributed by atoms with Crippen LogP contribution >= 0.6 is 0 Å². The van der Waals surface area contributed by atoms with E-state index in [0.29, 0.717) is 6.54 Å². The fraction of sp³-hybridized carbons (Fsp3) is 0.316. The number of nitrogens with one attached hydrogen (secondary N) is 1. The molecule has 2 amide bonds. The second kappa shape index (κ2) is 7.79. The first-order chi connectivity index (χ1) is 10.9. The predicted molar refractivity (Wildman–Crippen MR) is 95.5 cm³/mol. The second-order valence-electron chi connectivity index (χ2n) is 6.21. The van der Waals surface area contributed by atoms with Crippen molar-refractivity contribution in [2.75, 3.05) is 26.5 Å². The molecule has 0 atom stereocenters. The van der Waals surface area contributed by atoms with Gasteiger partial charge in [0.05, 0.1) is 0 Å². The molecule has 2 aromatic rings. The van der Waals surface area contributed by atoms with Crippen LogP contribution in [0.4, 0.5) is 10.5 Å². The fourth-order valence-corrected chi connectivity index (χ4v) is 2.32. The summed E-state index contributed by atoms with van der Waals surface area (Å²) < 4.78 is 0. The molecule has 122 valence electrons. The van der Waals surface area contributed by atoms with E-state index in [1.165, 1.54) is 11.1 Å². The van der Waals surface area contributed by atoms with Crippen molar-refractivity contribution in [2.45, 2.75) is 20.0 Å². The molecule has 2 aromatic carbocycles. The van der Waals surface area contributed by atoms with Crippen LogP contribution in [0.3, 0.4) is 0 Å². The summed E-state index contributed by atoms with van der Waals surface area (Å²) >= 11 is 0. The van der Waals surface area contributed by atoms with Crippen LogP contribution in [0.5, 0.6) is 0 Å². The van der Waals surface area contributed by atoms with Crippen molar-refractivity contribution in [1.29, 1.82) is 0 Å². The van der Waals surface area contributed by atoms with Gasteiger partial charge >= 0.3 is 6.03 Å². The van der Waals surface area contributed by atoms with Crippen LogP contribution in [0.15, 0.2) is 48.5 Å². The van der Waals surface area contributed by atoms with E-state index < -0.39 is 0 Å². The average Bonchev–Trinajstić information content (AvgIpc) is 2.51. The minimum atomic E-state index is -0.105. The summed E-state index contributed by atoms with van der Waals surface area (Å²) in [6, 6.07) is 16.1. The topological polar surface area (TPSA) is 35.6 Å². The van der Waals surface area contributed by atoms with Gasteiger partial charge in [0.15, 0.2) is 0 Å². The van der Waals surface area contributed by atoms with Crippen molar-refractivity contribution in [3.8, 4) is 0 Å². The molecule has 0 aliphatic heterocycles. The Morgan fingerprint density at radius 1 is 0.870 bits per heavy atom. The lowest BCUT2D eigenvalue weighted by molar-refractivity contribution is 0.220. The zero-order valence-electron chi connectivity index (χ0n) is 14.3. The Kier molecular flexibility index (Phi) is 5.77. The maximum absolute atomic E-state index is 12.2. The van der Waals surface area contributed by atoms with Gasteiger partial charge in [-0.1, -0.05) is 42.0 Å². The Hall–Kier alpha value is -2.33. The van der Waals surface area contributed by atoms with E-state index in [-0.39, 0.29) is 6.03 Å². The van der Waals surface area contributed by atoms with Gasteiger partial charge in [0.1, 0.15) is 0 Å². The summed E-state index contributed by atoms with van der Waals surface area (Å²) in [6.45, 7) is 3.53. The van der Waals surface area contributed by atoms with E-state index in [9.17, 15) is 4.79 Å². The number of amides is 2. The third-order valence-corrected chi connectivity index (χ3v) is 3.59. The zero-order valence-corrected chi connectivity index (χ0v) is 14.3. The second-order valence-corrected chi connectivity index (χ2v) is 6.21. The van der Waals surface area contributed by atoms with Gasteiger partial charge in [-0.3, -0.25) is 0 Å². The van der Waals surface area contributed by atoms with E-state index in [4.69, 9.17) is 0 Å². The van der Waals surface area contributed by atoms with Crippen molar-refractivity contribution >= 4 is 11.7 Å². The monoisotopic (exact) mass is 311 g/mol. The number of aryl methyl sites for hydroxylation is 1. The van der Waals surface area contributed by atoms with Crippen molar-refractivity contribution in [3.63, 3.8) is 0 Å². The highest BCUT2D eigenvalue weighted by molar-refractivity contribution is 5.89.